The van der Waals surface area contributed by atoms with Crippen LogP contribution in [0, 0.1) is 0 Å². The van der Waals surface area contributed by atoms with E-state index in [2.05, 4.69) is 4.98 Å². The summed E-state index contributed by atoms with van der Waals surface area (Å²) >= 11 is 0. The zero-order valence-electron chi connectivity index (χ0n) is 7.08. The van der Waals surface area contributed by atoms with Crippen LogP contribution in [-0.2, 0) is 6.42 Å². The number of nitrogens with two attached hydrogens (primary N) is 2. The molecule has 4 heteroatoms. The first-order valence-corrected chi connectivity index (χ1v) is 3.76. The number of aromatic nitrogens is 1. The molecule has 4 N–H and O–H groups in total. The maximum atomic E-state index is 5.53. The van der Waals surface area contributed by atoms with E-state index < -0.39 is 0 Å². The minimum atomic E-state index is 0.470. The van der Waals surface area contributed by atoms with E-state index in [4.69, 9.17) is 16.2 Å². The van der Waals surface area contributed by atoms with Crippen molar-refractivity contribution in [2.45, 2.75) is 6.42 Å². The van der Waals surface area contributed by atoms with Crippen molar-refractivity contribution in [3.8, 4) is 5.88 Å². The Morgan fingerprint density at radius 3 is 2.83 bits per heavy atom. The van der Waals surface area contributed by atoms with Gasteiger partial charge in [0.25, 0.3) is 0 Å². The largest absolute Gasteiger partial charge is 0.481 e. The van der Waals surface area contributed by atoms with Crippen LogP contribution < -0.4 is 16.2 Å². The highest BCUT2D eigenvalue weighted by Gasteiger charge is 1.98. The molecule has 12 heavy (non-hydrogen) atoms. The second-order valence-electron chi connectivity index (χ2n) is 2.48. The van der Waals surface area contributed by atoms with Crippen LogP contribution >= 0.6 is 0 Å². The van der Waals surface area contributed by atoms with Crippen molar-refractivity contribution in [1.82, 2.24) is 4.98 Å². The highest BCUT2D eigenvalue weighted by Crippen LogP contribution is 2.13. The molecule has 0 aliphatic rings. The van der Waals surface area contributed by atoms with E-state index in [1.54, 1.807) is 13.2 Å². The van der Waals surface area contributed by atoms with Crippen LogP contribution in [0.2, 0.25) is 0 Å². The molecule has 1 aromatic rings. The molecular formula is C8H13N3O. The molecular weight excluding hydrogens is 154 g/mol. The summed E-state index contributed by atoms with van der Waals surface area (Å²) in [6, 6.07) is 3.64. The number of methoxy groups -OCH3 is 1. The van der Waals surface area contributed by atoms with E-state index in [9.17, 15) is 0 Å². The molecule has 0 aliphatic heterocycles. The first-order chi connectivity index (χ1) is 5.76. The fourth-order valence-corrected chi connectivity index (χ4v) is 0.998. The van der Waals surface area contributed by atoms with Gasteiger partial charge in [0.05, 0.1) is 7.11 Å². The van der Waals surface area contributed by atoms with Gasteiger partial charge in [0.15, 0.2) is 0 Å². The SMILES string of the molecule is COc1cc(CCN)cc(N)n1. The summed E-state index contributed by atoms with van der Waals surface area (Å²) in [5.41, 5.74) is 12.0. The maximum Gasteiger partial charge on any atom is 0.215 e. The summed E-state index contributed by atoms with van der Waals surface area (Å²) in [6.07, 6.45) is 0.795. The van der Waals surface area contributed by atoms with Gasteiger partial charge in [-0.25, -0.2) is 0 Å². The van der Waals surface area contributed by atoms with Crippen molar-refractivity contribution in [2.24, 2.45) is 5.73 Å². The Morgan fingerprint density at radius 1 is 1.50 bits per heavy atom. The number of anilines is 1. The van der Waals surface area contributed by atoms with Gasteiger partial charge in [0, 0.05) is 6.07 Å². The molecule has 0 spiro atoms. The van der Waals surface area contributed by atoms with E-state index in [0.29, 0.717) is 18.2 Å². The predicted octanol–water partition coefficient (Wildman–Crippen LogP) is 0.174. The average Bonchev–Trinajstić information content (AvgIpc) is 2.04. The monoisotopic (exact) mass is 167 g/mol. The van der Waals surface area contributed by atoms with Gasteiger partial charge in [0.2, 0.25) is 5.88 Å². The van der Waals surface area contributed by atoms with Gasteiger partial charge in [-0.3, -0.25) is 0 Å². The Kier molecular flexibility index (Phi) is 2.88. The third-order valence-corrected chi connectivity index (χ3v) is 1.52. The molecule has 0 aromatic carbocycles. The van der Waals surface area contributed by atoms with Gasteiger partial charge in [0.1, 0.15) is 5.82 Å². The molecule has 0 saturated heterocycles. The Morgan fingerprint density at radius 2 is 2.25 bits per heavy atom. The van der Waals surface area contributed by atoms with Gasteiger partial charge >= 0.3 is 0 Å². The Labute approximate surface area is 71.5 Å². The average molecular weight is 167 g/mol. The predicted molar refractivity (Wildman–Crippen MR) is 48.0 cm³/mol. The van der Waals surface area contributed by atoms with Crippen molar-refractivity contribution in [3.63, 3.8) is 0 Å². The summed E-state index contributed by atoms with van der Waals surface area (Å²) < 4.78 is 4.95. The zero-order chi connectivity index (χ0) is 8.97. The Hall–Kier alpha value is -1.29. The van der Waals surface area contributed by atoms with Crippen LogP contribution in [0.4, 0.5) is 5.82 Å². The van der Waals surface area contributed by atoms with Gasteiger partial charge < -0.3 is 16.2 Å². The van der Waals surface area contributed by atoms with Crippen LogP contribution in [-0.4, -0.2) is 18.6 Å². The lowest BCUT2D eigenvalue weighted by molar-refractivity contribution is 0.398. The molecule has 0 bridgehead atoms. The lowest BCUT2D eigenvalue weighted by Gasteiger charge is -2.03. The van der Waals surface area contributed by atoms with Gasteiger partial charge in [-0.1, -0.05) is 0 Å². The number of nitrogen functional groups attached to an aromatic ring is 1. The van der Waals surface area contributed by atoms with Crippen LogP contribution in [0.1, 0.15) is 5.56 Å². The quantitative estimate of drug-likeness (QED) is 0.673. The van der Waals surface area contributed by atoms with E-state index in [1.807, 2.05) is 6.07 Å². The van der Waals surface area contributed by atoms with Crippen molar-refractivity contribution in [1.29, 1.82) is 0 Å². The summed E-state index contributed by atoms with van der Waals surface area (Å²) in [5.74, 6) is 1.01. The molecule has 0 atom stereocenters. The van der Waals surface area contributed by atoms with Crippen LogP contribution in [0.3, 0.4) is 0 Å². The summed E-state index contributed by atoms with van der Waals surface area (Å²) in [5, 5.41) is 0. The van der Waals surface area contributed by atoms with Crippen molar-refractivity contribution < 1.29 is 4.74 Å². The maximum absolute atomic E-state index is 5.53. The first kappa shape index (κ1) is 8.80. The summed E-state index contributed by atoms with van der Waals surface area (Å²) in [7, 11) is 1.56. The van der Waals surface area contributed by atoms with E-state index in [-0.39, 0.29) is 0 Å². The number of nitrogens with zero attached hydrogens (tertiary/aromatic N) is 1. The molecule has 0 amide bonds. The lowest BCUT2D eigenvalue weighted by atomic mass is 10.2. The topological polar surface area (TPSA) is 74.2 Å². The number of hydrogen-bond donors (Lipinski definition) is 2. The normalized spacial score (nSPS) is 9.83. The molecule has 0 radical (unpaired) electrons. The second-order valence-corrected chi connectivity index (χ2v) is 2.48. The molecule has 1 aromatic heterocycles. The fraction of sp³-hybridized carbons (Fsp3) is 0.375. The molecule has 1 heterocycles. The smallest absolute Gasteiger partial charge is 0.215 e. The van der Waals surface area contributed by atoms with Gasteiger partial charge in [-0.05, 0) is 24.6 Å². The molecule has 0 fully saturated rings. The minimum Gasteiger partial charge on any atom is -0.481 e. The third-order valence-electron chi connectivity index (χ3n) is 1.52. The van der Waals surface area contributed by atoms with Gasteiger partial charge in [-0.15, -0.1) is 0 Å². The first-order valence-electron chi connectivity index (χ1n) is 3.76. The number of hydrogen-bond acceptors (Lipinski definition) is 4. The van der Waals surface area contributed by atoms with Crippen LogP contribution in [0.5, 0.6) is 5.88 Å². The Balaban J connectivity index is 2.90. The summed E-state index contributed by atoms with van der Waals surface area (Å²) in [4.78, 5) is 3.95. The molecule has 0 saturated carbocycles. The highest BCUT2D eigenvalue weighted by atomic mass is 16.5. The van der Waals surface area contributed by atoms with Crippen LogP contribution in [0.15, 0.2) is 12.1 Å². The van der Waals surface area contributed by atoms with Crippen LogP contribution in [0.25, 0.3) is 0 Å². The Bertz CT molecular complexity index is 262. The molecule has 0 aliphatic carbocycles. The van der Waals surface area contributed by atoms with Crippen molar-refractivity contribution in [3.05, 3.63) is 17.7 Å². The second kappa shape index (κ2) is 3.92. The lowest BCUT2D eigenvalue weighted by Crippen LogP contribution is -2.04. The molecule has 1 rings (SSSR count). The number of pyridine rings is 1. The van der Waals surface area contributed by atoms with E-state index in [1.165, 1.54) is 0 Å². The standard InChI is InChI=1S/C8H13N3O/c1-12-8-5-6(2-3-9)4-7(10)11-8/h4-5H,2-3,9H2,1H3,(H2,10,11). The summed E-state index contributed by atoms with van der Waals surface area (Å²) in [6.45, 7) is 0.604. The van der Waals surface area contributed by atoms with E-state index in [0.717, 1.165) is 12.0 Å². The zero-order valence-corrected chi connectivity index (χ0v) is 7.08. The number of ether oxygens (including phenoxy) is 1. The van der Waals surface area contributed by atoms with E-state index >= 15 is 0 Å². The third kappa shape index (κ3) is 2.10. The highest BCUT2D eigenvalue weighted by molar-refractivity contribution is 5.37. The fourth-order valence-electron chi connectivity index (χ4n) is 0.998. The van der Waals surface area contributed by atoms with Crippen molar-refractivity contribution >= 4 is 5.82 Å². The van der Waals surface area contributed by atoms with Gasteiger partial charge in [-0.2, -0.15) is 4.98 Å². The molecule has 0 unspecified atom stereocenters. The molecule has 4 nitrogen and oxygen atoms in total. The number of rotatable bonds is 3. The van der Waals surface area contributed by atoms with Crippen molar-refractivity contribution in [2.75, 3.05) is 19.4 Å². The minimum absolute atomic E-state index is 0.470. The molecule has 66 valence electrons.